The van der Waals surface area contributed by atoms with Gasteiger partial charge in [-0.1, -0.05) is 0 Å². The van der Waals surface area contributed by atoms with Crippen molar-refractivity contribution in [3.63, 3.8) is 0 Å². The number of nitrogens with zero attached hydrogens (tertiary/aromatic N) is 1. The highest BCUT2D eigenvalue weighted by Gasteiger charge is 2.12. The first-order chi connectivity index (χ1) is 7.65. The predicted molar refractivity (Wildman–Crippen MR) is 56.3 cm³/mol. The van der Waals surface area contributed by atoms with Crippen LogP contribution in [0.5, 0.6) is 0 Å². The number of ether oxygens (including phenoxy) is 1. The van der Waals surface area contributed by atoms with E-state index in [4.69, 9.17) is 9.84 Å². The van der Waals surface area contributed by atoms with E-state index in [1.165, 1.54) is 25.4 Å². The van der Waals surface area contributed by atoms with Gasteiger partial charge in [-0.15, -0.1) is 0 Å². The van der Waals surface area contributed by atoms with Gasteiger partial charge < -0.3 is 15.2 Å². The van der Waals surface area contributed by atoms with Crippen molar-refractivity contribution >= 4 is 17.7 Å². The highest BCUT2D eigenvalue weighted by molar-refractivity contribution is 5.99. The Labute approximate surface area is 92.3 Å². The number of carboxylic acid groups (broad SMARTS) is 1. The molecule has 1 aromatic heterocycles. The van der Waals surface area contributed by atoms with Gasteiger partial charge in [0, 0.05) is 13.3 Å². The predicted octanol–water partition coefficient (Wildman–Crippen LogP) is 0.755. The van der Waals surface area contributed by atoms with E-state index in [2.05, 4.69) is 10.3 Å². The van der Waals surface area contributed by atoms with E-state index in [0.29, 0.717) is 0 Å². The third-order valence-electron chi connectivity index (χ3n) is 1.83. The van der Waals surface area contributed by atoms with Crippen LogP contribution in [0.3, 0.4) is 0 Å². The summed E-state index contributed by atoms with van der Waals surface area (Å²) in [5, 5.41) is 11.3. The van der Waals surface area contributed by atoms with Crippen LogP contribution in [0.4, 0.5) is 5.82 Å². The molecule has 0 aromatic carbocycles. The number of rotatable bonds is 5. The SMILES string of the molecule is COCCC(=O)Nc1ncccc1C(=O)O. The van der Waals surface area contributed by atoms with Crippen LogP contribution in [0.15, 0.2) is 18.3 Å². The van der Waals surface area contributed by atoms with Gasteiger partial charge in [-0.2, -0.15) is 0 Å². The van der Waals surface area contributed by atoms with Crippen LogP contribution in [0, 0.1) is 0 Å². The number of methoxy groups -OCH3 is 1. The molecule has 0 aliphatic rings. The number of amides is 1. The van der Waals surface area contributed by atoms with E-state index in [9.17, 15) is 9.59 Å². The highest BCUT2D eigenvalue weighted by atomic mass is 16.5. The topological polar surface area (TPSA) is 88.5 Å². The molecule has 16 heavy (non-hydrogen) atoms. The van der Waals surface area contributed by atoms with Crippen molar-refractivity contribution < 1.29 is 19.4 Å². The number of carbonyl (C=O) groups is 2. The molecule has 2 N–H and O–H groups in total. The summed E-state index contributed by atoms with van der Waals surface area (Å²) >= 11 is 0. The standard InChI is InChI=1S/C10H12N2O4/c1-16-6-4-8(13)12-9-7(10(14)15)3-2-5-11-9/h2-3,5H,4,6H2,1H3,(H,14,15)(H,11,12,13). The molecule has 0 radical (unpaired) electrons. The van der Waals surface area contributed by atoms with Crippen LogP contribution < -0.4 is 5.32 Å². The van der Waals surface area contributed by atoms with Gasteiger partial charge in [0.1, 0.15) is 11.4 Å². The summed E-state index contributed by atoms with van der Waals surface area (Å²) in [6, 6.07) is 2.87. The maximum absolute atomic E-state index is 11.3. The summed E-state index contributed by atoms with van der Waals surface area (Å²) in [5.74, 6) is -1.41. The number of carboxylic acids is 1. The molecule has 0 spiro atoms. The average Bonchev–Trinajstić information content (AvgIpc) is 2.27. The fourth-order valence-electron chi connectivity index (χ4n) is 1.07. The summed E-state index contributed by atoms with van der Waals surface area (Å²) in [5.41, 5.74) is -0.0340. The molecule has 0 bridgehead atoms. The summed E-state index contributed by atoms with van der Waals surface area (Å²) < 4.78 is 4.73. The van der Waals surface area contributed by atoms with Crippen LogP contribution in [0.25, 0.3) is 0 Å². The molecule has 1 aromatic rings. The Morgan fingerprint density at radius 1 is 1.56 bits per heavy atom. The van der Waals surface area contributed by atoms with Gasteiger partial charge in [0.2, 0.25) is 5.91 Å². The van der Waals surface area contributed by atoms with E-state index in [0.717, 1.165) is 0 Å². The van der Waals surface area contributed by atoms with E-state index in [1.807, 2.05) is 0 Å². The van der Waals surface area contributed by atoms with Crippen LogP contribution in [-0.4, -0.2) is 35.7 Å². The molecule has 1 rings (SSSR count). The van der Waals surface area contributed by atoms with Crippen LogP contribution in [0.2, 0.25) is 0 Å². The van der Waals surface area contributed by atoms with Gasteiger partial charge in [0.25, 0.3) is 0 Å². The Bertz CT molecular complexity index is 392. The fraction of sp³-hybridized carbons (Fsp3) is 0.300. The maximum Gasteiger partial charge on any atom is 0.339 e. The monoisotopic (exact) mass is 224 g/mol. The Morgan fingerprint density at radius 3 is 2.94 bits per heavy atom. The Morgan fingerprint density at radius 2 is 2.31 bits per heavy atom. The van der Waals surface area contributed by atoms with Crippen molar-refractivity contribution in [1.29, 1.82) is 0 Å². The Balaban J connectivity index is 2.73. The summed E-state index contributed by atoms with van der Waals surface area (Å²) in [7, 11) is 1.48. The molecule has 6 nitrogen and oxygen atoms in total. The minimum atomic E-state index is -1.13. The highest BCUT2D eigenvalue weighted by Crippen LogP contribution is 2.11. The van der Waals surface area contributed by atoms with Crippen LogP contribution in [-0.2, 0) is 9.53 Å². The van der Waals surface area contributed by atoms with Crippen molar-refractivity contribution in [2.24, 2.45) is 0 Å². The zero-order valence-electron chi connectivity index (χ0n) is 8.77. The molecule has 0 saturated carbocycles. The van der Waals surface area contributed by atoms with Gasteiger partial charge >= 0.3 is 5.97 Å². The van der Waals surface area contributed by atoms with Crippen molar-refractivity contribution in [3.8, 4) is 0 Å². The van der Waals surface area contributed by atoms with Crippen LogP contribution >= 0.6 is 0 Å². The molecule has 0 aliphatic heterocycles. The molecule has 0 unspecified atom stereocenters. The second-order valence-electron chi connectivity index (χ2n) is 3.00. The second kappa shape index (κ2) is 5.82. The smallest absolute Gasteiger partial charge is 0.339 e. The molecular formula is C10H12N2O4. The molecule has 1 amide bonds. The largest absolute Gasteiger partial charge is 0.478 e. The van der Waals surface area contributed by atoms with Gasteiger partial charge in [0.05, 0.1) is 13.0 Å². The number of aromatic nitrogens is 1. The number of hydrogen-bond acceptors (Lipinski definition) is 4. The van der Waals surface area contributed by atoms with E-state index in [-0.39, 0.29) is 30.3 Å². The van der Waals surface area contributed by atoms with Crippen molar-refractivity contribution in [3.05, 3.63) is 23.9 Å². The van der Waals surface area contributed by atoms with Gasteiger partial charge in [0.15, 0.2) is 0 Å². The lowest BCUT2D eigenvalue weighted by Gasteiger charge is -2.06. The normalized spacial score (nSPS) is 9.81. The molecule has 1 heterocycles. The first kappa shape index (κ1) is 12.1. The second-order valence-corrected chi connectivity index (χ2v) is 3.00. The molecular weight excluding hydrogens is 212 g/mol. The summed E-state index contributed by atoms with van der Waals surface area (Å²) in [6.07, 6.45) is 1.57. The number of pyridine rings is 1. The zero-order valence-corrected chi connectivity index (χ0v) is 8.77. The molecule has 0 atom stereocenters. The first-order valence-electron chi connectivity index (χ1n) is 4.62. The number of hydrogen-bond donors (Lipinski definition) is 2. The lowest BCUT2D eigenvalue weighted by Crippen LogP contribution is -2.17. The zero-order chi connectivity index (χ0) is 12.0. The average molecular weight is 224 g/mol. The molecule has 0 saturated heterocycles. The van der Waals surface area contributed by atoms with E-state index < -0.39 is 5.97 Å². The number of nitrogens with one attached hydrogen (secondary N) is 1. The molecule has 6 heteroatoms. The fourth-order valence-corrected chi connectivity index (χ4v) is 1.07. The lowest BCUT2D eigenvalue weighted by atomic mass is 10.2. The third kappa shape index (κ3) is 3.32. The number of carbonyl (C=O) groups excluding carboxylic acids is 1. The minimum Gasteiger partial charge on any atom is -0.478 e. The Hall–Kier alpha value is -1.95. The molecule has 0 fully saturated rings. The van der Waals surface area contributed by atoms with Crippen molar-refractivity contribution in [2.45, 2.75) is 6.42 Å². The number of anilines is 1. The van der Waals surface area contributed by atoms with Crippen molar-refractivity contribution in [2.75, 3.05) is 19.0 Å². The number of aromatic carboxylic acids is 1. The van der Waals surface area contributed by atoms with E-state index >= 15 is 0 Å². The Kier molecular flexibility index (Phi) is 4.41. The first-order valence-corrected chi connectivity index (χ1v) is 4.62. The third-order valence-corrected chi connectivity index (χ3v) is 1.83. The van der Waals surface area contributed by atoms with Crippen molar-refractivity contribution in [1.82, 2.24) is 4.98 Å². The van der Waals surface area contributed by atoms with Crippen LogP contribution in [0.1, 0.15) is 16.8 Å². The maximum atomic E-state index is 11.3. The molecule has 86 valence electrons. The van der Waals surface area contributed by atoms with Gasteiger partial charge in [-0.25, -0.2) is 9.78 Å². The summed E-state index contributed by atoms with van der Waals surface area (Å²) in [6.45, 7) is 0.279. The summed E-state index contributed by atoms with van der Waals surface area (Å²) in [4.78, 5) is 25.9. The van der Waals surface area contributed by atoms with Gasteiger partial charge in [-0.3, -0.25) is 4.79 Å². The molecule has 0 aliphatic carbocycles. The quantitative estimate of drug-likeness (QED) is 0.770. The minimum absolute atomic E-state index is 0.0340. The van der Waals surface area contributed by atoms with E-state index in [1.54, 1.807) is 0 Å². The lowest BCUT2D eigenvalue weighted by molar-refractivity contribution is -0.117. The van der Waals surface area contributed by atoms with Gasteiger partial charge in [-0.05, 0) is 12.1 Å².